The molecular weight excluding hydrogens is 405 g/mol. The van der Waals surface area contributed by atoms with Gasteiger partial charge in [0.15, 0.2) is 15.8 Å². The van der Waals surface area contributed by atoms with Gasteiger partial charge < -0.3 is 15.7 Å². The fourth-order valence-electron chi connectivity index (χ4n) is 1.89. The van der Waals surface area contributed by atoms with Gasteiger partial charge in [0, 0.05) is 19.6 Å². The summed E-state index contributed by atoms with van der Waals surface area (Å²) in [5.74, 6) is 0.541. The molecule has 2 rings (SSSR count). The van der Waals surface area contributed by atoms with Gasteiger partial charge in [0.05, 0.1) is 17.3 Å². The highest BCUT2D eigenvalue weighted by atomic mass is 127. The quantitative estimate of drug-likeness (QED) is 0.599. The fraction of sp³-hybridized carbons (Fsp3) is 0.462. The summed E-state index contributed by atoms with van der Waals surface area (Å²) < 4.78 is 23.5. The standard InChI is InChI=1S/C13H19N3O3S.HI/c17-8-9-20(18,19)12-4-2-11(3-5-12)10-16-13-14-6-1-7-15-13;/h2-5,17H,1,6-10H2,(H2,14,15,16);1H. The Bertz CT molecular complexity index is 573. The van der Waals surface area contributed by atoms with Crippen LogP contribution in [-0.4, -0.2) is 44.9 Å². The number of sulfone groups is 1. The number of rotatable bonds is 5. The molecule has 118 valence electrons. The van der Waals surface area contributed by atoms with Gasteiger partial charge in [-0.3, -0.25) is 4.99 Å². The summed E-state index contributed by atoms with van der Waals surface area (Å²) in [6, 6.07) is 6.66. The zero-order valence-corrected chi connectivity index (χ0v) is 14.7. The first-order valence-electron chi connectivity index (χ1n) is 6.56. The number of hydrogen-bond donors (Lipinski definition) is 3. The molecule has 0 fully saturated rings. The minimum absolute atomic E-state index is 0. The molecule has 0 unspecified atom stereocenters. The molecular formula is C13H20IN3O3S. The van der Waals surface area contributed by atoms with Crippen LogP contribution >= 0.6 is 24.0 Å². The van der Waals surface area contributed by atoms with E-state index >= 15 is 0 Å². The Hall–Kier alpha value is -0.870. The minimum atomic E-state index is -3.37. The molecule has 1 aromatic rings. The van der Waals surface area contributed by atoms with E-state index in [9.17, 15) is 8.42 Å². The molecule has 3 N–H and O–H groups in total. The van der Waals surface area contributed by atoms with Crippen LogP contribution < -0.4 is 10.6 Å². The largest absolute Gasteiger partial charge is 0.395 e. The third kappa shape index (κ3) is 5.44. The minimum Gasteiger partial charge on any atom is -0.395 e. The van der Waals surface area contributed by atoms with Gasteiger partial charge in [-0.05, 0) is 24.1 Å². The van der Waals surface area contributed by atoms with Crippen LogP contribution in [0.25, 0.3) is 0 Å². The van der Waals surface area contributed by atoms with E-state index in [0.717, 1.165) is 31.0 Å². The van der Waals surface area contributed by atoms with Gasteiger partial charge in [0.25, 0.3) is 0 Å². The van der Waals surface area contributed by atoms with E-state index in [1.54, 1.807) is 24.3 Å². The van der Waals surface area contributed by atoms with Crippen molar-refractivity contribution in [3.63, 3.8) is 0 Å². The molecule has 1 heterocycles. The second kappa shape index (κ2) is 8.54. The Morgan fingerprint density at radius 1 is 1.29 bits per heavy atom. The zero-order valence-electron chi connectivity index (χ0n) is 11.6. The molecule has 0 bridgehead atoms. The van der Waals surface area contributed by atoms with E-state index < -0.39 is 9.84 Å². The number of nitrogens with zero attached hydrogens (tertiary/aromatic N) is 1. The molecule has 0 saturated carbocycles. The number of benzene rings is 1. The smallest absolute Gasteiger partial charge is 0.191 e. The van der Waals surface area contributed by atoms with E-state index in [1.165, 1.54) is 0 Å². The predicted molar refractivity (Wildman–Crippen MR) is 92.8 cm³/mol. The lowest BCUT2D eigenvalue weighted by molar-refractivity contribution is 0.319. The van der Waals surface area contributed by atoms with Crippen molar-refractivity contribution >= 4 is 39.8 Å². The lowest BCUT2D eigenvalue weighted by Crippen LogP contribution is -2.40. The molecule has 21 heavy (non-hydrogen) atoms. The lowest BCUT2D eigenvalue weighted by atomic mass is 10.2. The maximum Gasteiger partial charge on any atom is 0.191 e. The highest BCUT2D eigenvalue weighted by Gasteiger charge is 2.13. The monoisotopic (exact) mass is 425 g/mol. The van der Waals surface area contributed by atoms with Crippen molar-refractivity contribution in [1.82, 2.24) is 10.6 Å². The highest BCUT2D eigenvalue weighted by Crippen LogP contribution is 2.12. The Balaban J connectivity index is 0.00000220. The number of aliphatic imine (C=N–C) groups is 1. The van der Waals surface area contributed by atoms with Crippen molar-refractivity contribution in [3.8, 4) is 0 Å². The topological polar surface area (TPSA) is 90.8 Å². The van der Waals surface area contributed by atoms with Crippen molar-refractivity contribution in [1.29, 1.82) is 0 Å². The third-order valence-corrected chi connectivity index (χ3v) is 4.71. The van der Waals surface area contributed by atoms with Gasteiger partial charge in [-0.25, -0.2) is 8.42 Å². The molecule has 0 aliphatic carbocycles. The van der Waals surface area contributed by atoms with Gasteiger partial charge in [-0.1, -0.05) is 12.1 Å². The number of aliphatic hydroxyl groups excluding tert-OH is 1. The van der Waals surface area contributed by atoms with Crippen LogP contribution in [0.5, 0.6) is 0 Å². The van der Waals surface area contributed by atoms with Gasteiger partial charge in [-0.2, -0.15) is 0 Å². The summed E-state index contributed by atoms with van der Waals surface area (Å²) in [4.78, 5) is 4.54. The Labute approximate surface area is 142 Å². The molecule has 1 aliphatic heterocycles. The lowest BCUT2D eigenvalue weighted by Gasteiger charge is -2.16. The number of guanidine groups is 1. The number of aliphatic hydroxyl groups is 1. The molecule has 1 aromatic carbocycles. The van der Waals surface area contributed by atoms with E-state index in [0.29, 0.717) is 6.54 Å². The normalized spacial score (nSPS) is 14.6. The van der Waals surface area contributed by atoms with Gasteiger partial charge >= 0.3 is 0 Å². The first-order valence-corrected chi connectivity index (χ1v) is 8.22. The molecule has 6 nitrogen and oxygen atoms in total. The first kappa shape index (κ1) is 18.2. The van der Waals surface area contributed by atoms with Crippen molar-refractivity contribution in [3.05, 3.63) is 29.8 Å². The Morgan fingerprint density at radius 2 is 2.00 bits per heavy atom. The molecule has 8 heteroatoms. The molecule has 0 atom stereocenters. The summed E-state index contributed by atoms with van der Waals surface area (Å²) >= 11 is 0. The summed E-state index contributed by atoms with van der Waals surface area (Å²) in [5, 5.41) is 15.1. The number of halogens is 1. The van der Waals surface area contributed by atoms with Crippen molar-refractivity contribution in [2.24, 2.45) is 4.99 Å². The maximum absolute atomic E-state index is 11.7. The van der Waals surface area contributed by atoms with Crippen molar-refractivity contribution in [2.75, 3.05) is 25.4 Å². The molecule has 0 radical (unpaired) electrons. The molecule has 0 saturated heterocycles. The second-order valence-electron chi connectivity index (χ2n) is 4.55. The van der Waals surface area contributed by atoms with Crippen LogP contribution in [0.15, 0.2) is 34.2 Å². The van der Waals surface area contributed by atoms with Gasteiger partial charge in [0.2, 0.25) is 0 Å². The first-order chi connectivity index (χ1) is 9.62. The maximum atomic E-state index is 11.7. The molecule has 1 aliphatic rings. The summed E-state index contributed by atoms with van der Waals surface area (Å²) in [6.07, 6.45) is 1.04. The summed E-state index contributed by atoms with van der Waals surface area (Å²) in [6.45, 7) is 1.97. The highest BCUT2D eigenvalue weighted by molar-refractivity contribution is 14.0. The predicted octanol–water partition coefficient (Wildman–Crippen LogP) is 0.509. The van der Waals surface area contributed by atoms with Crippen molar-refractivity contribution in [2.45, 2.75) is 17.9 Å². The number of hydrogen-bond acceptors (Lipinski definition) is 6. The molecule has 0 aromatic heterocycles. The average molecular weight is 425 g/mol. The number of nitrogens with one attached hydrogen (secondary N) is 2. The molecule has 0 amide bonds. The van der Waals surface area contributed by atoms with E-state index in [4.69, 9.17) is 5.11 Å². The third-order valence-electron chi connectivity index (χ3n) is 3.00. The SMILES string of the molecule is I.O=S(=O)(CCO)c1ccc(CNC2=NCCCN2)cc1. The fourth-order valence-corrected chi connectivity index (χ4v) is 2.92. The van der Waals surface area contributed by atoms with Crippen LogP contribution in [-0.2, 0) is 16.4 Å². The van der Waals surface area contributed by atoms with Crippen LogP contribution in [0.4, 0.5) is 0 Å². The molecule has 0 spiro atoms. The van der Waals surface area contributed by atoms with Gasteiger partial charge in [-0.15, -0.1) is 24.0 Å². The second-order valence-corrected chi connectivity index (χ2v) is 6.66. The Kier molecular flexibility index (Phi) is 7.40. The van der Waals surface area contributed by atoms with Gasteiger partial charge in [0.1, 0.15) is 0 Å². The van der Waals surface area contributed by atoms with Crippen LogP contribution in [0.1, 0.15) is 12.0 Å². The average Bonchev–Trinajstić information content (AvgIpc) is 2.47. The van der Waals surface area contributed by atoms with E-state index in [2.05, 4.69) is 15.6 Å². The Morgan fingerprint density at radius 3 is 2.57 bits per heavy atom. The summed E-state index contributed by atoms with van der Waals surface area (Å²) in [5.41, 5.74) is 0.975. The van der Waals surface area contributed by atoms with Crippen LogP contribution in [0.3, 0.4) is 0 Å². The zero-order chi connectivity index (χ0) is 14.4. The summed E-state index contributed by atoms with van der Waals surface area (Å²) in [7, 11) is -3.37. The van der Waals surface area contributed by atoms with Crippen molar-refractivity contribution < 1.29 is 13.5 Å². The van der Waals surface area contributed by atoms with Crippen LogP contribution in [0, 0.1) is 0 Å². The van der Waals surface area contributed by atoms with Crippen LogP contribution in [0.2, 0.25) is 0 Å². The van der Waals surface area contributed by atoms with E-state index in [1.807, 2.05) is 0 Å². The van der Waals surface area contributed by atoms with E-state index in [-0.39, 0.29) is 41.2 Å².